The van der Waals surface area contributed by atoms with Crippen molar-refractivity contribution in [2.24, 2.45) is 0 Å². The Kier molecular flexibility index (Phi) is 4.16. The zero-order chi connectivity index (χ0) is 16.6. The lowest BCUT2D eigenvalue weighted by molar-refractivity contribution is -0.132. The van der Waals surface area contributed by atoms with E-state index in [-0.39, 0.29) is 6.04 Å². The van der Waals surface area contributed by atoms with Crippen molar-refractivity contribution in [2.75, 3.05) is 0 Å². The minimum absolute atomic E-state index is 0.0847. The van der Waals surface area contributed by atoms with E-state index in [2.05, 4.69) is 5.32 Å². The van der Waals surface area contributed by atoms with E-state index in [0.29, 0.717) is 19.0 Å². The van der Waals surface area contributed by atoms with Gasteiger partial charge in [-0.3, -0.25) is 4.79 Å². The minimum atomic E-state index is -2.43. The van der Waals surface area contributed by atoms with Gasteiger partial charge in [-0.2, -0.15) is 0 Å². The second-order valence-corrected chi connectivity index (χ2v) is 4.58. The minimum Gasteiger partial charge on any atom is -0.477 e. The fraction of sp³-hybridized carbons (Fsp3) is 0.231. The van der Waals surface area contributed by atoms with E-state index in [1.54, 1.807) is 0 Å². The van der Waals surface area contributed by atoms with Gasteiger partial charge in [0.25, 0.3) is 0 Å². The maximum Gasteiger partial charge on any atom is 0.341 e. The number of carboxylic acids is 1. The Morgan fingerprint density at radius 1 is 0.955 bits per heavy atom. The van der Waals surface area contributed by atoms with Crippen LogP contribution in [0.4, 0.5) is 22.0 Å². The predicted molar refractivity (Wildman–Crippen MR) is 62.4 cm³/mol. The molecule has 2 rings (SSSR count). The summed E-state index contributed by atoms with van der Waals surface area (Å²) < 4.78 is 66.0. The van der Waals surface area contributed by atoms with Crippen molar-refractivity contribution >= 4 is 11.8 Å². The molecule has 2 N–H and O–H groups in total. The van der Waals surface area contributed by atoms with Crippen LogP contribution in [0.3, 0.4) is 0 Å². The van der Waals surface area contributed by atoms with Crippen LogP contribution in [0.25, 0.3) is 0 Å². The first-order chi connectivity index (χ1) is 10.3. The van der Waals surface area contributed by atoms with Crippen molar-refractivity contribution < 1.29 is 36.6 Å². The van der Waals surface area contributed by atoms with E-state index < -0.39 is 52.0 Å². The summed E-state index contributed by atoms with van der Waals surface area (Å²) in [7, 11) is 0. The molecule has 0 heterocycles. The number of hydrogen-bond donors (Lipinski definition) is 2. The van der Waals surface area contributed by atoms with Crippen LogP contribution in [-0.2, 0) is 4.79 Å². The molecule has 4 nitrogen and oxygen atoms in total. The van der Waals surface area contributed by atoms with Gasteiger partial charge in [-0.15, -0.1) is 0 Å². The first-order valence-electron chi connectivity index (χ1n) is 6.01. The Bertz CT molecular complexity index is 668. The standard InChI is InChI=1S/C13H8F5NO3/c14-7-6(8(15)10(17)11(18)9(7)16)12(20)5(13(21)22)3-19-4-1-2-4/h3-4,19H,1-2H2,(H,21,22). The maximum atomic E-state index is 13.5. The molecular formula is C13H8F5NO3. The topological polar surface area (TPSA) is 66.4 Å². The molecule has 0 aliphatic heterocycles. The first kappa shape index (κ1) is 15.9. The number of carbonyl (C=O) groups excluding carboxylic acids is 1. The van der Waals surface area contributed by atoms with Gasteiger partial charge in [0.05, 0.1) is 0 Å². The molecule has 1 aromatic carbocycles. The Labute approximate surface area is 120 Å². The summed E-state index contributed by atoms with van der Waals surface area (Å²) in [6.07, 6.45) is 2.11. The van der Waals surface area contributed by atoms with Gasteiger partial charge in [-0.25, -0.2) is 26.7 Å². The van der Waals surface area contributed by atoms with E-state index in [0.717, 1.165) is 0 Å². The summed E-state index contributed by atoms with van der Waals surface area (Å²) >= 11 is 0. The molecule has 0 spiro atoms. The fourth-order valence-electron chi connectivity index (χ4n) is 1.61. The van der Waals surface area contributed by atoms with Crippen LogP contribution in [0.1, 0.15) is 23.2 Å². The SMILES string of the molecule is O=C(O)C(=CNC1CC1)C(=O)c1c(F)c(F)c(F)c(F)c1F. The van der Waals surface area contributed by atoms with Gasteiger partial charge in [0, 0.05) is 12.2 Å². The Hall–Kier alpha value is -2.45. The highest BCUT2D eigenvalue weighted by Crippen LogP contribution is 2.25. The van der Waals surface area contributed by atoms with E-state index in [4.69, 9.17) is 5.11 Å². The van der Waals surface area contributed by atoms with Crippen molar-refractivity contribution in [3.8, 4) is 0 Å². The van der Waals surface area contributed by atoms with Gasteiger partial charge in [0.2, 0.25) is 11.6 Å². The van der Waals surface area contributed by atoms with Gasteiger partial charge in [0.15, 0.2) is 23.3 Å². The third kappa shape index (κ3) is 2.78. The Balaban J connectivity index is 2.51. The number of nitrogens with one attached hydrogen (secondary N) is 1. The number of Topliss-reactive ketones (excluding diaryl/α,β-unsaturated/α-hetero) is 1. The zero-order valence-corrected chi connectivity index (χ0v) is 10.7. The number of ketones is 1. The van der Waals surface area contributed by atoms with Crippen molar-refractivity contribution in [2.45, 2.75) is 18.9 Å². The predicted octanol–water partition coefficient (Wildman–Crippen LogP) is 2.29. The molecular weight excluding hydrogens is 313 g/mol. The maximum absolute atomic E-state index is 13.5. The van der Waals surface area contributed by atoms with Crippen molar-refractivity contribution in [1.29, 1.82) is 0 Å². The number of rotatable bonds is 5. The number of aliphatic carboxylic acids is 1. The van der Waals surface area contributed by atoms with Crippen LogP contribution in [-0.4, -0.2) is 22.9 Å². The summed E-state index contributed by atoms with van der Waals surface area (Å²) in [6, 6.07) is -0.0847. The van der Waals surface area contributed by atoms with Crippen LogP contribution in [0, 0.1) is 29.1 Å². The number of carbonyl (C=O) groups is 2. The second kappa shape index (κ2) is 5.74. The van der Waals surface area contributed by atoms with E-state index in [1.165, 1.54) is 0 Å². The zero-order valence-electron chi connectivity index (χ0n) is 10.7. The molecule has 1 aliphatic carbocycles. The van der Waals surface area contributed by atoms with Crippen LogP contribution in [0.15, 0.2) is 11.8 Å². The highest BCUT2D eigenvalue weighted by atomic mass is 19.2. The largest absolute Gasteiger partial charge is 0.477 e. The summed E-state index contributed by atoms with van der Waals surface area (Å²) in [5, 5.41) is 11.4. The van der Waals surface area contributed by atoms with Gasteiger partial charge in [-0.1, -0.05) is 0 Å². The summed E-state index contributed by atoms with van der Waals surface area (Å²) in [4.78, 5) is 22.8. The Morgan fingerprint density at radius 3 is 1.82 bits per heavy atom. The molecule has 1 aliphatic rings. The molecule has 0 saturated heterocycles. The van der Waals surface area contributed by atoms with Crippen LogP contribution >= 0.6 is 0 Å². The molecule has 0 unspecified atom stereocenters. The molecule has 1 saturated carbocycles. The molecule has 1 aromatic rings. The number of hydrogen-bond acceptors (Lipinski definition) is 3. The van der Waals surface area contributed by atoms with Gasteiger partial charge < -0.3 is 10.4 Å². The van der Waals surface area contributed by atoms with Gasteiger partial charge in [-0.05, 0) is 12.8 Å². The number of carboxylic acid groups (broad SMARTS) is 1. The first-order valence-corrected chi connectivity index (χ1v) is 6.01. The van der Waals surface area contributed by atoms with Crippen molar-refractivity contribution in [3.05, 3.63) is 46.4 Å². The molecule has 0 amide bonds. The molecule has 0 atom stereocenters. The molecule has 9 heteroatoms. The van der Waals surface area contributed by atoms with Crippen molar-refractivity contribution in [1.82, 2.24) is 5.32 Å². The quantitative estimate of drug-likeness (QED) is 0.166. The smallest absolute Gasteiger partial charge is 0.341 e. The van der Waals surface area contributed by atoms with Crippen molar-refractivity contribution in [3.63, 3.8) is 0 Å². The van der Waals surface area contributed by atoms with E-state index in [1.807, 2.05) is 0 Å². The third-order valence-corrected chi connectivity index (χ3v) is 2.95. The highest BCUT2D eigenvalue weighted by Gasteiger charge is 2.33. The van der Waals surface area contributed by atoms with Crippen LogP contribution in [0.2, 0.25) is 0 Å². The molecule has 0 bridgehead atoms. The lowest BCUT2D eigenvalue weighted by Crippen LogP contribution is -2.21. The average Bonchev–Trinajstić information content (AvgIpc) is 3.27. The van der Waals surface area contributed by atoms with Gasteiger partial charge >= 0.3 is 5.97 Å². The second-order valence-electron chi connectivity index (χ2n) is 4.58. The average molecular weight is 321 g/mol. The number of benzene rings is 1. The molecule has 1 fully saturated rings. The van der Waals surface area contributed by atoms with Crippen LogP contribution < -0.4 is 5.32 Å². The molecule has 0 radical (unpaired) electrons. The molecule has 22 heavy (non-hydrogen) atoms. The summed E-state index contributed by atoms with van der Waals surface area (Å²) in [5.74, 6) is -15.5. The fourth-order valence-corrected chi connectivity index (χ4v) is 1.61. The normalized spacial score (nSPS) is 14.9. The van der Waals surface area contributed by atoms with Crippen LogP contribution in [0.5, 0.6) is 0 Å². The van der Waals surface area contributed by atoms with Gasteiger partial charge in [0.1, 0.15) is 11.1 Å². The number of halogens is 5. The van der Waals surface area contributed by atoms with E-state index in [9.17, 15) is 31.5 Å². The molecule has 118 valence electrons. The summed E-state index contributed by atoms with van der Waals surface area (Å²) in [6.45, 7) is 0. The highest BCUT2D eigenvalue weighted by molar-refractivity contribution is 6.23. The monoisotopic (exact) mass is 321 g/mol. The third-order valence-electron chi connectivity index (χ3n) is 2.95. The van der Waals surface area contributed by atoms with E-state index >= 15 is 0 Å². The Morgan fingerprint density at radius 2 is 1.41 bits per heavy atom. The summed E-state index contributed by atoms with van der Waals surface area (Å²) in [5.41, 5.74) is -2.93. The lowest BCUT2D eigenvalue weighted by atomic mass is 10.0. The lowest BCUT2D eigenvalue weighted by Gasteiger charge is -2.08. The molecule has 0 aromatic heterocycles.